The molecule has 2 atom stereocenters. The number of pyridine rings is 2. The summed E-state index contributed by atoms with van der Waals surface area (Å²) in [5.41, 5.74) is 18.6. The van der Waals surface area contributed by atoms with Crippen molar-refractivity contribution in [3.63, 3.8) is 0 Å². The first-order valence-corrected chi connectivity index (χ1v) is 20.9. The summed E-state index contributed by atoms with van der Waals surface area (Å²) in [6.07, 6.45) is 8.80. The van der Waals surface area contributed by atoms with Gasteiger partial charge in [-0.15, -0.1) is 0 Å². The molecule has 0 fully saturated rings. The van der Waals surface area contributed by atoms with Gasteiger partial charge in [0.1, 0.15) is 0 Å². The molecular weight excluding hydrogens is 767 g/mol. The maximum absolute atomic E-state index is 4.94. The fraction of sp³-hybridized carbons (Fsp3) is 0.208. The van der Waals surface area contributed by atoms with E-state index in [1.807, 2.05) is 24.5 Å². The molecule has 2 aliphatic rings. The van der Waals surface area contributed by atoms with Crippen molar-refractivity contribution < 1.29 is 48.0 Å². The van der Waals surface area contributed by atoms with Crippen molar-refractivity contribution in [2.24, 2.45) is 0 Å². The first-order chi connectivity index (χ1) is 24.6. The summed E-state index contributed by atoms with van der Waals surface area (Å²) in [6.45, 7) is 13.7. The Kier molecular flexibility index (Phi) is 11.3. The second-order valence-corrected chi connectivity index (χ2v) is 19.6. The van der Waals surface area contributed by atoms with Gasteiger partial charge in [0.25, 0.3) is 0 Å². The fourth-order valence-corrected chi connectivity index (χ4v) is 12.6. The molecule has 2 aromatic heterocycles. The smallest absolute Gasteiger partial charge is 1.00 e. The van der Waals surface area contributed by atoms with Gasteiger partial charge in [-0.2, -0.15) is 0 Å². The van der Waals surface area contributed by atoms with Gasteiger partial charge in [-0.05, 0) is 0 Å². The molecule has 2 heterocycles. The topological polar surface area (TPSA) is 25.8 Å². The van der Waals surface area contributed by atoms with Crippen LogP contribution in [0.3, 0.4) is 0 Å². The zero-order chi connectivity index (χ0) is 35.3. The van der Waals surface area contributed by atoms with Gasteiger partial charge in [0, 0.05) is 0 Å². The molecule has 53 heavy (non-hydrogen) atoms. The molecule has 0 amide bonds. The molecule has 0 spiro atoms. The van der Waals surface area contributed by atoms with Crippen molar-refractivity contribution in [2.45, 2.75) is 59.6 Å². The number of hydrogen-bond donors (Lipinski definition) is 0. The van der Waals surface area contributed by atoms with E-state index < -0.39 is 23.2 Å². The summed E-state index contributed by atoms with van der Waals surface area (Å²) in [6, 6.07) is 45.0. The standard InChI is InChI=1S/2C24H22N.2ClH.Zr/c2*1-24(2,3)20-12-10-17(11-13-20)21-8-6-7-18-15-19(16-22(18)21)23-9-4-5-14-25-23;;;/h2*4-16H,1-3H3;2*1H;/q;;;;+2/p-2. The van der Waals surface area contributed by atoms with Gasteiger partial charge >= 0.3 is 317 Å². The SMILES string of the molecule is CC(C)(C)c1ccc(-c2cccc3c2C=C(c2ccccn2)[CH]3[Zr+2][CH]2C(c3ccccn3)=Cc3c(-c4ccc(C(C)(C)C)cc4)cccc32)cc1.[Cl-].[Cl-]. The van der Waals surface area contributed by atoms with Crippen LogP contribution in [0.15, 0.2) is 134 Å². The third-order valence-corrected chi connectivity index (χ3v) is 15.2. The monoisotopic (exact) mass is 808 g/mol. The normalized spacial score (nSPS) is 16.0. The van der Waals surface area contributed by atoms with Crippen LogP contribution in [-0.4, -0.2) is 9.97 Å². The minimum atomic E-state index is -1.30. The molecule has 8 rings (SSSR count). The predicted octanol–water partition coefficient (Wildman–Crippen LogP) is 6.39. The summed E-state index contributed by atoms with van der Waals surface area (Å²) in [4.78, 5) is 9.88. The second-order valence-electron chi connectivity index (χ2n) is 15.9. The maximum Gasteiger partial charge on any atom is -1.00 e. The van der Waals surface area contributed by atoms with Crippen LogP contribution >= 0.6 is 0 Å². The van der Waals surface area contributed by atoms with Crippen LogP contribution in [0.25, 0.3) is 45.6 Å². The molecule has 0 N–H and O–H groups in total. The number of allylic oxidation sites excluding steroid dienone is 2. The van der Waals surface area contributed by atoms with Crippen LogP contribution < -0.4 is 24.8 Å². The third kappa shape index (κ3) is 7.59. The van der Waals surface area contributed by atoms with E-state index >= 15 is 0 Å². The predicted molar refractivity (Wildman–Crippen MR) is 211 cm³/mol. The van der Waals surface area contributed by atoms with Crippen molar-refractivity contribution >= 4 is 23.3 Å². The van der Waals surface area contributed by atoms with Gasteiger partial charge in [0.15, 0.2) is 0 Å². The van der Waals surface area contributed by atoms with E-state index in [1.54, 1.807) is 0 Å². The molecule has 0 radical (unpaired) electrons. The van der Waals surface area contributed by atoms with Gasteiger partial charge in [0.05, 0.1) is 0 Å². The van der Waals surface area contributed by atoms with E-state index in [1.165, 1.54) is 66.8 Å². The largest absolute Gasteiger partial charge is 1.00 e. The van der Waals surface area contributed by atoms with Crippen LogP contribution in [0.2, 0.25) is 0 Å². The van der Waals surface area contributed by atoms with E-state index in [0.29, 0.717) is 7.25 Å². The van der Waals surface area contributed by atoms with Gasteiger partial charge in [-0.1, -0.05) is 0 Å². The van der Waals surface area contributed by atoms with Gasteiger partial charge in [-0.25, -0.2) is 0 Å². The third-order valence-electron chi connectivity index (χ3n) is 10.5. The zero-order valence-electron chi connectivity index (χ0n) is 31.2. The summed E-state index contributed by atoms with van der Waals surface area (Å²) in [5.74, 6) is 0. The molecule has 2 nitrogen and oxygen atoms in total. The van der Waals surface area contributed by atoms with Crippen LogP contribution in [0.1, 0.15) is 93.6 Å². The molecule has 0 saturated heterocycles. The Morgan fingerprint density at radius 1 is 0.453 bits per heavy atom. The summed E-state index contributed by atoms with van der Waals surface area (Å²) in [5, 5.41) is 0. The number of benzene rings is 4. The average molecular weight is 811 g/mol. The number of halogens is 2. The molecule has 2 aliphatic carbocycles. The van der Waals surface area contributed by atoms with E-state index in [0.717, 1.165) is 11.4 Å². The van der Waals surface area contributed by atoms with E-state index in [2.05, 4.69) is 163 Å². The molecular formula is C48H44Cl2N2Zr. The Balaban J connectivity index is 0.00000240. The molecule has 264 valence electrons. The number of aromatic nitrogens is 2. The minimum Gasteiger partial charge on any atom is -1.00 e. The number of hydrogen-bond acceptors (Lipinski definition) is 2. The van der Waals surface area contributed by atoms with Crippen molar-refractivity contribution in [3.8, 4) is 22.3 Å². The summed E-state index contributed by atoms with van der Waals surface area (Å²) in [7, 11) is 0. The Bertz CT molecular complexity index is 2120. The molecule has 6 aromatic rings. The Hall–Kier alpha value is -3.88. The molecule has 0 saturated carbocycles. The quantitative estimate of drug-likeness (QED) is 0.195. The zero-order valence-corrected chi connectivity index (χ0v) is 35.1. The summed E-state index contributed by atoms with van der Waals surface area (Å²) < 4.78 is 0.676. The first kappa shape index (κ1) is 38.8. The minimum absolute atomic E-state index is 0. The first-order valence-electron chi connectivity index (χ1n) is 18.1. The Morgan fingerprint density at radius 2 is 0.849 bits per heavy atom. The number of rotatable bonds is 6. The van der Waals surface area contributed by atoms with Crippen molar-refractivity contribution in [2.75, 3.05) is 0 Å². The average Bonchev–Trinajstić information content (AvgIpc) is 3.70. The van der Waals surface area contributed by atoms with Crippen LogP contribution in [-0.2, 0) is 34.1 Å². The van der Waals surface area contributed by atoms with Crippen LogP contribution in [0.5, 0.6) is 0 Å². The van der Waals surface area contributed by atoms with Crippen molar-refractivity contribution in [1.82, 2.24) is 9.97 Å². The molecule has 2 unspecified atom stereocenters. The van der Waals surface area contributed by atoms with Gasteiger partial charge < -0.3 is 24.8 Å². The molecule has 0 bridgehead atoms. The van der Waals surface area contributed by atoms with E-state index in [9.17, 15) is 0 Å². The Morgan fingerprint density at radius 3 is 1.19 bits per heavy atom. The fourth-order valence-electron chi connectivity index (χ4n) is 7.64. The van der Waals surface area contributed by atoms with Crippen molar-refractivity contribution in [1.29, 1.82) is 0 Å². The van der Waals surface area contributed by atoms with Gasteiger partial charge in [-0.3, -0.25) is 0 Å². The van der Waals surface area contributed by atoms with Crippen LogP contribution in [0, 0.1) is 0 Å². The molecule has 5 heteroatoms. The van der Waals surface area contributed by atoms with Crippen LogP contribution in [0.4, 0.5) is 0 Å². The van der Waals surface area contributed by atoms with Gasteiger partial charge in [0.2, 0.25) is 0 Å². The molecule has 4 aromatic carbocycles. The Labute approximate surface area is 339 Å². The van der Waals surface area contributed by atoms with E-state index in [-0.39, 0.29) is 35.6 Å². The maximum atomic E-state index is 4.94. The summed E-state index contributed by atoms with van der Waals surface area (Å²) >= 11 is -1.30. The molecule has 0 aliphatic heterocycles. The van der Waals surface area contributed by atoms with Crippen molar-refractivity contribution in [3.05, 3.63) is 178 Å². The number of fused-ring (bicyclic) bond motifs is 2. The second kappa shape index (κ2) is 15.5. The van der Waals surface area contributed by atoms with E-state index in [4.69, 9.17) is 9.97 Å². The number of nitrogens with zero attached hydrogens (tertiary/aromatic N) is 2.